The molecule has 6 heteroatoms. The van der Waals surface area contributed by atoms with Crippen LogP contribution in [-0.2, 0) is 10.0 Å². The van der Waals surface area contributed by atoms with Crippen molar-refractivity contribution < 1.29 is 14.6 Å². The highest BCUT2D eigenvalue weighted by atomic mass is 32.2. The quantitative estimate of drug-likeness (QED) is 0.852. The molecule has 1 saturated carbocycles. The molecule has 0 bridgehead atoms. The van der Waals surface area contributed by atoms with E-state index in [1.807, 2.05) is 12.1 Å². The molecule has 0 aromatic heterocycles. The van der Waals surface area contributed by atoms with Crippen LogP contribution in [0.4, 0.5) is 5.69 Å². The predicted molar refractivity (Wildman–Crippen MR) is 99.2 cm³/mol. The molecule has 1 N–H and O–H groups in total. The van der Waals surface area contributed by atoms with E-state index in [2.05, 4.69) is 21.8 Å². The summed E-state index contributed by atoms with van der Waals surface area (Å²) in [7, 11) is -3.26. The number of anilines is 1. The number of hydrogen-bond donors (Lipinski definition) is 1. The van der Waals surface area contributed by atoms with Gasteiger partial charge in [0.25, 0.3) is 0 Å². The summed E-state index contributed by atoms with van der Waals surface area (Å²) in [5.74, 6) is 0.818. The Morgan fingerprint density at radius 3 is 2.42 bits per heavy atom. The third kappa shape index (κ3) is 4.03. The Labute approximate surface area is 146 Å². The second kappa shape index (κ2) is 7.31. The molecular formula is C18H30N2O3S. The Morgan fingerprint density at radius 1 is 1.12 bits per heavy atom. The lowest BCUT2D eigenvalue weighted by molar-refractivity contribution is 0.185. The standard InChI is InChI=1S/C18H28N2O3S.H2/c1-14(2)24(21,22)19-17-6-5-7-18(17)23-16-10-8-15(9-11-16)20-12-3-4-13-20;/h8-11,14,17-19H,3-7,12-13H2,1-2H3;1H/t17-,18?;/m0./s1. The van der Waals surface area contributed by atoms with Crippen molar-refractivity contribution in [2.75, 3.05) is 18.0 Å². The van der Waals surface area contributed by atoms with Gasteiger partial charge in [-0.3, -0.25) is 0 Å². The van der Waals surface area contributed by atoms with Crippen molar-refractivity contribution in [2.45, 2.75) is 63.3 Å². The maximum atomic E-state index is 12.1. The van der Waals surface area contributed by atoms with E-state index in [0.29, 0.717) is 0 Å². The molecule has 1 saturated heterocycles. The lowest BCUT2D eigenvalue weighted by Gasteiger charge is -2.24. The van der Waals surface area contributed by atoms with Gasteiger partial charge in [-0.15, -0.1) is 0 Å². The van der Waals surface area contributed by atoms with Crippen LogP contribution in [0.1, 0.15) is 47.4 Å². The molecule has 1 heterocycles. The van der Waals surface area contributed by atoms with Gasteiger partial charge in [-0.2, -0.15) is 0 Å². The first-order chi connectivity index (χ1) is 11.5. The van der Waals surface area contributed by atoms with Crippen molar-refractivity contribution in [1.82, 2.24) is 4.72 Å². The van der Waals surface area contributed by atoms with Crippen LogP contribution in [0.3, 0.4) is 0 Å². The minimum Gasteiger partial charge on any atom is -0.489 e. The summed E-state index contributed by atoms with van der Waals surface area (Å²) in [6, 6.07) is 8.07. The molecule has 0 spiro atoms. The van der Waals surface area contributed by atoms with Crippen molar-refractivity contribution >= 4 is 15.7 Å². The molecule has 0 radical (unpaired) electrons. The van der Waals surface area contributed by atoms with Gasteiger partial charge in [-0.25, -0.2) is 13.1 Å². The van der Waals surface area contributed by atoms with Crippen LogP contribution < -0.4 is 14.4 Å². The van der Waals surface area contributed by atoms with E-state index < -0.39 is 15.3 Å². The first-order valence-corrected chi connectivity index (χ1v) is 10.5. The highest BCUT2D eigenvalue weighted by Gasteiger charge is 2.33. The second-order valence-corrected chi connectivity index (χ2v) is 9.36. The maximum absolute atomic E-state index is 12.1. The Kier molecular flexibility index (Phi) is 5.35. The Bertz CT molecular complexity index is 643. The van der Waals surface area contributed by atoms with Crippen molar-refractivity contribution in [3.05, 3.63) is 24.3 Å². The zero-order valence-corrected chi connectivity index (χ0v) is 15.4. The van der Waals surface area contributed by atoms with Crippen LogP contribution in [0.5, 0.6) is 5.75 Å². The second-order valence-electron chi connectivity index (χ2n) is 7.09. The summed E-state index contributed by atoms with van der Waals surface area (Å²) in [4.78, 5) is 2.39. The van der Waals surface area contributed by atoms with Crippen molar-refractivity contribution in [3.63, 3.8) is 0 Å². The van der Waals surface area contributed by atoms with E-state index in [0.717, 1.165) is 38.1 Å². The van der Waals surface area contributed by atoms with Gasteiger partial charge < -0.3 is 9.64 Å². The normalized spacial score (nSPS) is 24.7. The number of ether oxygens (including phenoxy) is 1. The van der Waals surface area contributed by atoms with E-state index in [4.69, 9.17) is 4.74 Å². The molecule has 2 atom stereocenters. The van der Waals surface area contributed by atoms with Crippen LogP contribution in [0.25, 0.3) is 0 Å². The van der Waals surface area contributed by atoms with E-state index >= 15 is 0 Å². The first-order valence-electron chi connectivity index (χ1n) is 8.98. The molecule has 1 aromatic rings. The van der Waals surface area contributed by atoms with Crippen LogP contribution in [0, 0.1) is 0 Å². The molecule has 2 aliphatic rings. The number of benzene rings is 1. The Balaban J connectivity index is 0.00000225. The zero-order valence-electron chi connectivity index (χ0n) is 14.6. The van der Waals surface area contributed by atoms with Crippen molar-refractivity contribution in [3.8, 4) is 5.75 Å². The van der Waals surface area contributed by atoms with Gasteiger partial charge in [-0.1, -0.05) is 0 Å². The smallest absolute Gasteiger partial charge is 0.214 e. The fourth-order valence-electron chi connectivity index (χ4n) is 3.43. The molecular weight excluding hydrogens is 324 g/mol. The lowest BCUT2D eigenvalue weighted by Crippen LogP contribution is -2.44. The molecule has 1 aliphatic heterocycles. The average molecular weight is 355 g/mol. The van der Waals surface area contributed by atoms with Gasteiger partial charge in [0, 0.05) is 20.2 Å². The van der Waals surface area contributed by atoms with E-state index in [9.17, 15) is 8.42 Å². The van der Waals surface area contributed by atoms with Gasteiger partial charge >= 0.3 is 0 Å². The van der Waals surface area contributed by atoms with E-state index in [1.54, 1.807) is 13.8 Å². The molecule has 1 aromatic carbocycles. The van der Waals surface area contributed by atoms with Gasteiger partial charge in [0.2, 0.25) is 10.0 Å². The summed E-state index contributed by atoms with van der Waals surface area (Å²) in [5.41, 5.74) is 1.24. The zero-order chi connectivity index (χ0) is 17.2. The summed E-state index contributed by atoms with van der Waals surface area (Å²) in [6.45, 7) is 5.65. The SMILES string of the molecule is CC(C)S(=O)(=O)N[C@H]1CCCC1Oc1ccc(N2CCCC2)cc1.[HH]. The first kappa shape index (κ1) is 17.5. The molecule has 2 fully saturated rings. The van der Waals surface area contributed by atoms with Crippen LogP contribution >= 0.6 is 0 Å². The Morgan fingerprint density at radius 2 is 1.79 bits per heavy atom. The topological polar surface area (TPSA) is 58.6 Å². The third-order valence-corrected chi connectivity index (χ3v) is 6.86. The molecule has 0 amide bonds. The molecule has 3 rings (SSSR count). The van der Waals surface area contributed by atoms with Crippen molar-refractivity contribution in [2.24, 2.45) is 0 Å². The monoisotopic (exact) mass is 354 g/mol. The van der Waals surface area contributed by atoms with Crippen LogP contribution in [-0.4, -0.2) is 38.9 Å². The minimum atomic E-state index is -3.26. The molecule has 1 unspecified atom stereocenters. The van der Waals surface area contributed by atoms with Gasteiger partial charge in [0.1, 0.15) is 11.9 Å². The summed E-state index contributed by atoms with van der Waals surface area (Å²) >= 11 is 0. The summed E-state index contributed by atoms with van der Waals surface area (Å²) in [6.07, 6.45) is 5.15. The van der Waals surface area contributed by atoms with Gasteiger partial charge in [0.15, 0.2) is 0 Å². The highest BCUT2D eigenvalue weighted by Crippen LogP contribution is 2.28. The molecule has 24 heavy (non-hydrogen) atoms. The van der Waals surface area contributed by atoms with E-state index in [1.165, 1.54) is 18.5 Å². The fraction of sp³-hybridized carbons (Fsp3) is 0.667. The van der Waals surface area contributed by atoms with Crippen LogP contribution in [0.2, 0.25) is 0 Å². The maximum Gasteiger partial charge on any atom is 0.214 e. The molecule has 1 aliphatic carbocycles. The Hall–Kier alpha value is -1.27. The van der Waals surface area contributed by atoms with Gasteiger partial charge in [-0.05, 0) is 70.2 Å². The molecule has 5 nitrogen and oxygen atoms in total. The lowest BCUT2D eigenvalue weighted by atomic mass is 10.2. The highest BCUT2D eigenvalue weighted by molar-refractivity contribution is 7.90. The molecule has 136 valence electrons. The van der Waals surface area contributed by atoms with Gasteiger partial charge in [0.05, 0.1) is 11.3 Å². The largest absolute Gasteiger partial charge is 0.489 e. The van der Waals surface area contributed by atoms with E-state index in [-0.39, 0.29) is 13.6 Å². The number of rotatable bonds is 6. The summed E-state index contributed by atoms with van der Waals surface area (Å²) in [5, 5.41) is -0.418. The average Bonchev–Trinajstić information content (AvgIpc) is 3.20. The summed E-state index contributed by atoms with van der Waals surface area (Å²) < 4.78 is 33.1. The third-order valence-electron chi connectivity index (χ3n) is 4.98. The minimum absolute atomic E-state index is 0. The predicted octanol–water partition coefficient (Wildman–Crippen LogP) is 3.16. The number of sulfonamides is 1. The fourth-order valence-corrected chi connectivity index (χ4v) is 4.40. The number of nitrogens with one attached hydrogen (secondary N) is 1. The van der Waals surface area contributed by atoms with Crippen molar-refractivity contribution in [1.29, 1.82) is 0 Å². The van der Waals surface area contributed by atoms with Crippen LogP contribution in [0.15, 0.2) is 24.3 Å². The number of nitrogens with zero attached hydrogens (tertiary/aromatic N) is 1. The number of hydrogen-bond acceptors (Lipinski definition) is 4.